The Morgan fingerprint density at radius 1 is 0.667 bits per heavy atom. The van der Waals surface area contributed by atoms with Crippen molar-refractivity contribution in [2.24, 2.45) is 0 Å². The molecule has 0 aliphatic carbocycles. The Morgan fingerprint density at radius 3 is 1.93 bits per heavy atom. The van der Waals surface area contributed by atoms with E-state index in [0.717, 1.165) is 6.08 Å². The average molecular weight is 771 g/mol. The largest absolute Gasteiger partial charge is 0.504 e. The topological polar surface area (TPSA) is 304 Å². The van der Waals surface area contributed by atoms with Crippen LogP contribution in [0.1, 0.15) is 25.0 Å². The fourth-order valence-corrected chi connectivity index (χ4v) is 6.22. The number of hydrogen-bond donors (Lipinski definition) is 11. The van der Waals surface area contributed by atoms with Crippen LogP contribution in [0, 0.1) is 0 Å². The van der Waals surface area contributed by atoms with Crippen molar-refractivity contribution in [1.82, 2.24) is 0 Å². The van der Waals surface area contributed by atoms with Crippen LogP contribution in [0.5, 0.6) is 23.0 Å². The van der Waals surface area contributed by atoms with Crippen LogP contribution in [0.2, 0.25) is 0 Å². The van der Waals surface area contributed by atoms with Crippen LogP contribution in [0.4, 0.5) is 0 Å². The fourth-order valence-electron chi connectivity index (χ4n) is 6.22. The number of phenolic OH excluding ortho intramolecular Hbond substituents is 4. The molecule has 3 aliphatic rings. The van der Waals surface area contributed by atoms with Crippen LogP contribution < -0.4 is 0 Å². The van der Waals surface area contributed by atoms with Gasteiger partial charge >= 0.3 is 5.97 Å². The summed E-state index contributed by atoms with van der Waals surface area (Å²) in [5, 5.41) is 113. The molecule has 54 heavy (non-hydrogen) atoms. The molecule has 5 rings (SSSR count). The van der Waals surface area contributed by atoms with Crippen molar-refractivity contribution < 1.29 is 94.1 Å². The number of ether oxygens (including phenoxy) is 7. The highest BCUT2D eigenvalue weighted by Gasteiger charge is 2.54. The summed E-state index contributed by atoms with van der Waals surface area (Å²) in [5.41, 5.74) is 0.848. The highest BCUT2D eigenvalue weighted by atomic mass is 16.8. The van der Waals surface area contributed by atoms with Gasteiger partial charge in [-0.2, -0.15) is 0 Å². The van der Waals surface area contributed by atoms with Gasteiger partial charge in [-0.25, -0.2) is 4.79 Å². The maximum atomic E-state index is 13.0. The molecule has 0 amide bonds. The van der Waals surface area contributed by atoms with Crippen LogP contribution in [0.3, 0.4) is 0 Å². The predicted molar refractivity (Wildman–Crippen MR) is 178 cm³/mol. The summed E-state index contributed by atoms with van der Waals surface area (Å²) in [6.07, 6.45) is -20.9. The molecule has 15 atom stereocenters. The standard InChI is InChI=1S/C35H46O19/c1-14-24(42)25(43)27(45)34(49-14)53-30-15(2)50-35(28(46)26(30)44)54-32-29(47)33(48-10-9-17-4-7-19(38)21(40)12-17)51-22(13-36)31(32)52-23(41)8-5-16-3-6-18(37)20(39)11-16/h3-8,11-12,14-15,22,24-40,42-47H,9-10,13H2,1-2H3/b8-5+. The van der Waals surface area contributed by atoms with E-state index in [-0.39, 0.29) is 30.3 Å². The molecule has 0 aromatic heterocycles. The fraction of sp³-hybridized carbons (Fsp3) is 0.571. The van der Waals surface area contributed by atoms with Gasteiger partial charge in [0.1, 0.15) is 54.9 Å². The summed E-state index contributed by atoms with van der Waals surface area (Å²) >= 11 is 0. The second-order valence-corrected chi connectivity index (χ2v) is 13.2. The predicted octanol–water partition coefficient (Wildman–Crippen LogP) is -2.16. The zero-order valence-electron chi connectivity index (χ0n) is 29.1. The third-order valence-electron chi connectivity index (χ3n) is 9.34. The highest BCUT2D eigenvalue weighted by molar-refractivity contribution is 5.87. The van der Waals surface area contributed by atoms with E-state index in [1.807, 2.05) is 0 Å². The van der Waals surface area contributed by atoms with E-state index < -0.39 is 110 Å². The second kappa shape index (κ2) is 17.9. The summed E-state index contributed by atoms with van der Waals surface area (Å²) in [6, 6.07) is 7.88. The summed E-state index contributed by atoms with van der Waals surface area (Å²) in [6.45, 7) is 1.93. The van der Waals surface area contributed by atoms with Crippen molar-refractivity contribution in [3.8, 4) is 23.0 Å². The molecule has 0 bridgehead atoms. The van der Waals surface area contributed by atoms with E-state index in [0.29, 0.717) is 11.1 Å². The molecule has 3 fully saturated rings. The molecule has 15 unspecified atom stereocenters. The zero-order valence-corrected chi connectivity index (χ0v) is 29.1. The number of aliphatic hydroxyl groups excluding tert-OH is 7. The lowest BCUT2D eigenvalue weighted by Crippen LogP contribution is -2.66. The Kier molecular flexibility index (Phi) is 13.7. The molecule has 3 aliphatic heterocycles. The minimum atomic E-state index is -1.91. The van der Waals surface area contributed by atoms with Crippen molar-refractivity contribution >= 4 is 12.0 Å². The molecule has 19 heteroatoms. The molecule has 2 aromatic rings. The molecule has 3 heterocycles. The number of carbonyl (C=O) groups is 1. The molecular weight excluding hydrogens is 724 g/mol. The van der Waals surface area contributed by atoms with E-state index >= 15 is 0 Å². The first kappa shape index (κ1) is 41.5. The van der Waals surface area contributed by atoms with Crippen molar-refractivity contribution in [2.75, 3.05) is 13.2 Å². The van der Waals surface area contributed by atoms with Crippen molar-refractivity contribution in [3.05, 3.63) is 53.6 Å². The quantitative estimate of drug-likeness (QED) is 0.0622. The normalized spacial score (nSPS) is 37.3. The van der Waals surface area contributed by atoms with Crippen LogP contribution in [-0.2, 0) is 44.4 Å². The van der Waals surface area contributed by atoms with Gasteiger partial charge in [-0.3, -0.25) is 0 Å². The van der Waals surface area contributed by atoms with Gasteiger partial charge in [-0.1, -0.05) is 12.1 Å². The molecule has 0 saturated carbocycles. The number of benzene rings is 2. The third kappa shape index (κ3) is 9.40. The van der Waals surface area contributed by atoms with E-state index in [9.17, 15) is 61.0 Å². The Balaban J connectivity index is 1.33. The summed E-state index contributed by atoms with van der Waals surface area (Å²) in [5.74, 6) is -2.55. The van der Waals surface area contributed by atoms with E-state index in [2.05, 4.69) is 0 Å². The van der Waals surface area contributed by atoms with Crippen molar-refractivity contribution in [1.29, 1.82) is 0 Å². The Labute approximate surface area is 308 Å². The first-order valence-electron chi connectivity index (χ1n) is 17.1. The first-order valence-corrected chi connectivity index (χ1v) is 17.1. The number of aliphatic hydroxyl groups is 7. The van der Waals surface area contributed by atoms with E-state index in [4.69, 9.17) is 33.2 Å². The number of phenols is 4. The minimum absolute atomic E-state index is 0.125. The maximum absolute atomic E-state index is 13.0. The van der Waals surface area contributed by atoms with Gasteiger partial charge in [0.25, 0.3) is 0 Å². The van der Waals surface area contributed by atoms with Crippen LogP contribution in [0.15, 0.2) is 42.5 Å². The molecule has 0 radical (unpaired) electrons. The highest BCUT2D eigenvalue weighted by Crippen LogP contribution is 2.34. The summed E-state index contributed by atoms with van der Waals surface area (Å²) in [7, 11) is 0. The molecule has 0 spiro atoms. The van der Waals surface area contributed by atoms with Gasteiger partial charge in [0, 0.05) is 6.08 Å². The Bertz CT molecular complexity index is 1590. The average Bonchev–Trinajstić information content (AvgIpc) is 3.14. The number of hydrogen-bond acceptors (Lipinski definition) is 19. The zero-order chi connectivity index (χ0) is 39.4. The van der Waals surface area contributed by atoms with Gasteiger partial charge in [-0.05, 0) is 61.7 Å². The molecular formula is C35H46O19. The van der Waals surface area contributed by atoms with Crippen molar-refractivity contribution in [2.45, 2.75) is 112 Å². The Morgan fingerprint density at radius 2 is 1.28 bits per heavy atom. The number of rotatable bonds is 12. The van der Waals surface area contributed by atoms with Crippen LogP contribution in [-0.4, -0.2) is 167 Å². The number of carbonyl (C=O) groups excluding carboxylic acids is 1. The third-order valence-corrected chi connectivity index (χ3v) is 9.34. The van der Waals surface area contributed by atoms with Crippen molar-refractivity contribution in [3.63, 3.8) is 0 Å². The Hall–Kier alpha value is -3.67. The second-order valence-electron chi connectivity index (χ2n) is 13.2. The lowest BCUT2D eigenvalue weighted by Gasteiger charge is -2.48. The van der Waals surface area contributed by atoms with Gasteiger partial charge in [-0.15, -0.1) is 0 Å². The maximum Gasteiger partial charge on any atom is 0.331 e. The lowest BCUT2D eigenvalue weighted by atomic mass is 9.96. The first-order chi connectivity index (χ1) is 25.6. The smallest absolute Gasteiger partial charge is 0.331 e. The van der Waals surface area contributed by atoms with Crippen LogP contribution in [0.25, 0.3) is 6.08 Å². The summed E-state index contributed by atoms with van der Waals surface area (Å²) < 4.78 is 40.0. The van der Waals surface area contributed by atoms with E-state index in [1.54, 1.807) is 0 Å². The minimum Gasteiger partial charge on any atom is -0.504 e. The molecule has 11 N–H and O–H groups in total. The molecule has 3 saturated heterocycles. The van der Waals surface area contributed by atoms with E-state index in [1.165, 1.54) is 56.3 Å². The number of aromatic hydroxyl groups is 4. The number of esters is 1. The van der Waals surface area contributed by atoms with Gasteiger partial charge in [0.15, 0.2) is 48.0 Å². The van der Waals surface area contributed by atoms with Gasteiger partial charge in [0.05, 0.1) is 25.4 Å². The SMILES string of the molecule is CC1OC(OC2C(C)OC(OC3C(O)C(OCCc4ccc(O)c(O)c4)OC(CO)C3OC(=O)/C=C/c3ccc(O)c(O)c3)C(O)C2O)C(O)C(O)C1O. The summed E-state index contributed by atoms with van der Waals surface area (Å²) in [4.78, 5) is 13.0. The van der Waals surface area contributed by atoms with Crippen LogP contribution >= 0.6 is 0 Å². The molecule has 19 nitrogen and oxygen atoms in total. The van der Waals surface area contributed by atoms with Gasteiger partial charge in [0.2, 0.25) is 0 Å². The van der Waals surface area contributed by atoms with Gasteiger partial charge < -0.3 is 89.3 Å². The monoisotopic (exact) mass is 770 g/mol. The lowest BCUT2D eigenvalue weighted by molar-refractivity contribution is -0.375. The molecule has 300 valence electrons. The molecule has 2 aromatic carbocycles.